The maximum absolute atomic E-state index is 5.95. The van der Waals surface area contributed by atoms with Gasteiger partial charge in [-0.1, -0.05) is 12.1 Å². The van der Waals surface area contributed by atoms with Crippen LogP contribution in [0, 0.1) is 6.92 Å². The number of anilines is 1. The molecule has 2 N–H and O–H groups in total. The molecule has 1 fully saturated rings. The largest absolute Gasteiger partial charge is 0.399 e. The molecule has 3 nitrogen and oxygen atoms in total. The monoisotopic (exact) mass is 233 g/mol. The quantitative estimate of drug-likeness (QED) is 0.789. The van der Waals surface area contributed by atoms with Crippen molar-refractivity contribution in [2.75, 3.05) is 39.0 Å². The number of hydrogen-bond donors (Lipinski definition) is 1. The normalized spacial score (nSPS) is 19.2. The molecule has 0 bridgehead atoms. The van der Waals surface area contributed by atoms with Crippen LogP contribution in [0.15, 0.2) is 18.2 Å². The number of nitrogen functional groups attached to an aromatic ring is 1. The van der Waals surface area contributed by atoms with E-state index in [1.54, 1.807) is 0 Å². The van der Waals surface area contributed by atoms with Crippen LogP contribution in [0.25, 0.3) is 0 Å². The molecular formula is C14H23N3. The fraction of sp³-hybridized carbons (Fsp3) is 0.571. The third-order valence-corrected chi connectivity index (χ3v) is 3.56. The standard InChI is InChI=1S/C14H23N3/c1-12-4-5-13(10-14(12)15)11-17-7-3-6-16(2)8-9-17/h4-5,10H,3,6-9,11,15H2,1-2H3. The van der Waals surface area contributed by atoms with E-state index in [1.807, 2.05) is 0 Å². The fourth-order valence-corrected chi connectivity index (χ4v) is 2.30. The highest BCUT2D eigenvalue weighted by Gasteiger charge is 2.12. The van der Waals surface area contributed by atoms with E-state index in [-0.39, 0.29) is 0 Å². The van der Waals surface area contributed by atoms with Crippen molar-refractivity contribution in [3.05, 3.63) is 29.3 Å². The Bertz CT molecular complexity index is 376. The SMILES string of the molecule is Cc1ccc(CN2CCCN(C)CC2)cc1N. The Morgan fingerprint density at radius 3 is 2.76 bits per heavy atom. The maximum atomic E-state index is 5.95. The van der Waals surface area contributed by atoms with Crippen LogP contribution in [0.3, 0.4) is 0 Å². The molecule has 0 unspecified atom stereocenters. The van der Waals surface area contributed by atoms with Crippen LogP contribution in [0.4, 0.5) is 5.69 Å². The molecule has 0 saturated carbocycles. The average molecular weight is 233 g/mol. The van der Waals surface area contributed by atoms with Crippen molar-refractivity contribution in [2.45, 2.75) is 19.9 Å². The zero-order valence-electron chi connectivity index (χ0n) is 10.9. The molecule has 0 aliphatic carbocycles. The van der Waals surface area contributed by atoms with Crippen molar-refractivity contribution >= 4 is 5.69 Å². The third-order valence-electron chi connectivity index (χ3n) is 3.56. The lowest BCUT2D eigenvalue weighted by Gasteiger charge is -2.20. The number of nitrogens with zero attached hydrogens (tertiary/aromatic N) is 2. The molecule has 0 aromatic heterocycles. The van der Waals surface area contributed by atoms with E-state index in [0.717, 1.165) is 18.8 Å². The van der Waals surface area contributed by atoms with Crippen LogP contribution in [0.2, 0.25) is 0 Å². The summed E-state index contributed by atoms with van der Waals surface area (Å²) in [7, 11) is 2.20. The van der Waals surface area contributed by atoms with Gasteiger partial charge in [0.2, 0.25) is 0 Å². The molecule has 2 rings (SSSR count). The second-order valence-electron chi connectivity index (χ2n) is 5.12. The Kier molecular flexibility index (Phi) is 4.02. The first-order valence-corrected chi connectivity index (χ1v) is 6.41. The van der Waals surface area contributed by atoms with Crippen molar-refractivity contribution < 1.29 is 0 Å². The minimum absolute atomic E-state index is 0.912. The van der Waals surface area contributed by atoms with E-state index in [1.165, 1.54) is 37.2 Å². The first-order chi connectivity index (χ1) is 8.15. The van der Waals surface area contributed by atoms with E-state index < -0.39 is 0 Å². The minimum Gasteiger partial charge on any atom is -0.399 e. The number of likely N-dealkylation sites (N-methyl/N-ethyl adjacent to an activating group) is 1. The van der Waals surface area contributed by atoms with Gasteiger partial charge in [0.05, 0.1) is 0 Å². The van der Waals surface area contributed by atoms with E-state index in [4.69, 9.17) is 5.73 Å². The first-order valence-electron chi connectivity index (χ1n) is 6.41. The molecule has 1 aliphatic rings. The van der Waals surface area contributed by atoms with Crippen LogP contribution in [-0.2, 0) is 6.54 Å². The van der Waals surface area contributed by atoms with Gasteiger partial charge in [0, 0.05) is 25.3 Å². The van der Waals surface area contributed by atoms with Crippen molar-refractivity contribution in [3.8, 4) is 0 Å². The first kappa shape index (κ1) is 12.4. The Hall–Kier alpha value is -1.06. The van der Waals surface area contributed by atoms with Gasteiger partial charge in [-0.25, -0.2) is 0 Å². The molecule has 0 amide bonds. The summed E-state index contributed by atoms with van der Waals surface area (Å²) in [4.78, 5) is 4.93. The molecule has 0 radical (unpaired) electrons. The van der Waals surface area contributed by atoms with Crippen LogP contribution in [0.1, 0.15) is 17.5 Å². The Labute approximate surface area is 104 Å². The lowest BCUT2D eigenvalue weighted by molar-refractivity contribution is 0.269. The summed E-state index contributed by atoms with van der Waals surface area (Å²) in [5.41, 5.74) is 9.37. The molecule has 0 atom stereocenters. The van der Waals surface area contributed by atoms with Gasteiger partial charge in [-0.05, 0) is 50.7 Å². The number of aryl methyl sites for hydroxylation is 1. The highest BCUT2D eigenvalue weighted by Crippen LogP contribution is 2.15. The van der Waals surface area contributed by atoms with Crippen molar-refractivity contribution in [3.63, 3.8) is 0 Å². The van der Waals surface area contributed by atoms with Crippen LogP contribution in [0.5, 0.6) is 0 Å². The molecule has 1 heterocycles. The second kappa shape index (κ2) is 5.52. The van der Waals surface area contributed by atoms with Gasteiger partial charge in [-0.15, -0.1) is 0 Å². The summed E-state index contributed by atoms with van der Waals surface area (Å²) in [6, 6.07) is 6.43. The van der Waals surface area contributed by atoms with E-state index in [0.29, 0.717) is 0 Å². The van der Waals surface area contributed by atoms with Crippen molar-refractivity contribution in [1.29, 1.82) is 0 Å². The van der Waals surface area contributed by atoms with E-state index >= 15 is 0 Å². The lowest BCUT2D eigenvalue weighted by atomic mass is 10.1. The van der Waals surface area contributed by atoms with Gasteiger partial charge < -0.3 is 10.6 Å². The topological polar surface area (TPSA) is 32.5 Å². The molecular weight excluding hydrogens is 210 g/mol. The lowest BCUT2D eigenvalue weighted by Crippen LogP contribution is -2.28. The molecule has 1 aliphatic heterocycles. The summed E-state index contributed by atoms with van der Waals surface area (Å²) < 4.78 is 0. The number of nitrogens with two attached hydrogens (primary N) is 1. The molecule has 1 aromatic rings. The second-order valence-corrected chi connectivity index (χ2v) is 5.12. The third kappa shape index (κ3) is 3.45. The summed E-state index contributed by atoms with van der Waals surface area (Å²) in [6.45, 7) is 7.81. The van der Waals surface area contributed by atoms with E-state index in [9.17, 15) is 0 Å². The zero-order chi connectivity index (χ0) is 12.3. The summed E-state index contributed by atoms with van der Waals surface area (Å²) in [5, 5.41) is 0. The van der Waals surface area contributed by atoms with Crippen LogP contribution >= 0.6 is 0 Å². The van der Waals surface area contributed by atoms with Gasteiger partial charge in [0.1, 0.15) is 0 Å². The summed E-state index contributed by atoms with van der Waals surface area (Å²) in [5.74, 6) is 0. The van der Waals surface area contributed by atoms with Gasteiger partial charge in [0.15, 0.2) is 0 Å². The molecule has 1 aromatic carbocycles. The van der Waals surface area contributed by atoms with Gasteiger partial charge in [-0.3, -0.25) is 4.90 Å². The van der Waals surface area contributed by atoms with Crippen LogP contribution in [-0.4, -0.2) is 43.0 Å². The Balaban J connectivity index is 1.97. The number of hydrogen-bond acceptors (Lipinski definition) is 3. The predicted octanol–water partition coefficient (Wildman–Crippen LogP) is 1.71. The summed E-state index contributed by atoms with van der Waals surface area (Å²) in [6.07, 6.45) is 1.26. The predicted molar refractivity (Wildman–Crippen MR) is 73.0 cm³/mol. The Morgan fingerprint density at radius 2 is 2.00 bits per heavy atom. The molecule has 17 heavy (non-hydrogen) atoms. The van der Waals surface area contributed by atoms with Gasteiger partial charge in [-0.2, -0.15) is 0 Å². The average Bonchev–Trinajstić information content (AvgIpc) is 2.49. The van der Waals surface area contributed by atoms with Gasteiger partial charge in [0.25, 0.3) is 0 Å². The van der Waals surface area contributed by atoms with E-state index in [2.05, 4.69) is 42.0 Å². The van der Waals surface area contributed by atoms with Crippen molar-refractivity contribution in [2.24, 2.45) is 0 Å². The highest BCUT2D eigenvalue weighted by atomic mass is 15.2. The Morgan fingerprint density at radius 1 is 1.18 bits per heavy atom. The summed E-state index contributed by atoms with van der Waals surface area (Å²) >= 11 is 0. The minimum atomic E-state index is 0.912. The fourth-order valence-electron chi connectivity index (χ4n) is 2.30. The molecule has 0 spiro atoms. The van der Waals surface area contributed by atoms with Gasteiger partial charge >= 0.3 is 0 Å². The number of rotatable bonds is 2. The number of benzene rings is 1. The molecule has 94 valence electrons. The van der Waals surface area contributed by atoms with Crippen molar-refractivity contribution in [1.82, 2.24) is 9.80 Å². The smallest absolute Gasteiger partial charge is 0.0346 e. The molecule has 1 saturated heterocycles. The van der Waals surface area contributed by atoms with Crippen LogP contribution < -0.4 is 5.73 Å². The zero-order valence-corrected chi connectivity index (χ0v) is 10.9. The highest BCUT2D eigenvalue weighted by molar-refractivity contribution is 5.48. The molecule has 3 heteroatoms. The maximum Gasteiger partial charge on any atom is 0.0346 e.